The van der Waals surface area contributed by atoms with E-state index in [9.17, 15) is 24.1 Å². The van der Waals surface area contributed by atoms with Crippen molar-refractivity contribution in [3.8, 4) is 0 Å². The Labute approximate surface area is 185 Å². The standard InChI is InChI=1S/C23H25FN4O4/c24-20-13-16(7-12-29)3-6-22(20)26-8-10-27(11-9-26)23(30)19-14-18(28(31)32)4-5-21(19)25-15-17-1-2-17/h3-6,12-14,17,25H,1-2,7-11,15H2. The Morgan fingerprint density at radius 2 is 1.91 bits per heavy atom. The second-order valence-electron chi connectivity index (χ2n) is 8.25. The first kappa shape index (κ1) is 21.7. The van der Waals surface area contributed by atoms with Gasteiger partial charge >= 0.3 is 0 Å². The molecule has 2 aromatic carbocycles. The third-order valence-electron chi connectivity index (χ3n) is 5.96. The molecule has 1 aliphatic heterocycles. The summed E-state index contributed by atoms with van der Waals surface area (Å²) in [7, 11) is 0. The fraction of sp³-hybridized carbons (Fsp3) is 0.391. The van der Waals surface area contributed by atoms with Gasteiger partial charge < -0.3 is 19.9 Å². The lowest BCUT2D eigenvalue weighted by Crippen LogP contribution is -2.49. The van der Waals surface area contributed by atoms with Crippen molar-refractivity contribution in [1.29, 1.82) is 0 Å². The minimum absolute atomic E-state index is 0.124. The van der Waals surface area contributed by atoms with Crippen molar-refractivity contribution in [2.75, 3.05) is 42.9 Å². The number of carbonyl (C=O) groups is 2. The number of nitro groups is 1. The highest BCUT2D eigenvalue weighted by Crippen LogP contribution is 2.31. The molecule has 2 aromatic rings. The Kier molecular flexibility index (Phi) is 6.34. The van der Waals surface area contributed by atoms with Crippen molar-refractivity contribution in [3.63, 3.8) is 0 Å². The lowest BCUT2D eigenvalue weighted by atomic mass is 10.1. The van der Waals surface area contributed by atoms with Crippen LogP contribution in [0.15, 0.2) is 36.4 Å². The third-order valence-corrected chi connectivity index (χ3v) is 5.96. The van der Waals surface area contributed by atoms with Gasteiger partial charge in [-0.3, -0.25) is 14.9 Å². The van der Waals surface area contributed by atoms with E-state index >= 15 is 0 Å². The number of rotatable bonds is 8. The number of hydrogen-bond donors (Lipinski definition) is 1. The summed E-state index contributed by atoms with van der Waals surface area (Å²) in [6.45, 7) is 2.37. The molecule has 2 aliphatic rings. The molecule has 8 nitrogen and oxygen atoms in total. The Bertz CT molecular complexity index is 1030. The maximum absolute atomic E-state index is 14.5. The topological polar surface area (TPSA) is 95.8 Å². The van der Waals surface area contributed by atoms with Gasteiger partial charge in [-0.1, -0.05) is 6.07 Å². The van der Waals surface area contributed by atoms with Gasteiger partial charge in [-0.25, -0.2) is 4.39 Å². The number of piperazine rings is 1. The summed E-state index contributed by atoms with van der Waals surface area (Å²) >= 11 is 0. The van der Waals surface area contributed by atoms with Gasteiger partial charge in [-0.15, -0.1) is 0 Å². The molecule has 1 N–H and O–H groups in total. The second-order valence-corrected chi connectivity index (χ2v) is 8.25. The van der Waals surface area contributed by atoms with Crippen LogP contribution in [0, 0.1) is 21.8 Å². The number of nitrogens with one attached hydrogen (secondary N) is 1. The molecule has 0 spiro atoms. The molecular formula is C23H25FN4O4. The molecule has 0 unspecified atom stereocenters. The molecule has 0 bridgehead atoms. The SMILES string of the molecule is O=CCc1ccc(N2CCN(C(=O)c3cc([N+](=O)[O-])ccc3NCC3CC3)CC2)c(F)c1. The molecule has 32 heavy (non-hydrogen) atoms. The summed E-state index contributed by atoms with van der Waals surface area (Å²) in [6.07, 6.45) is 3.20. The van der Waals surface area contributed by atoms with Gasteiger partial charge in [0.05, 0.1) is 16.2 Å². The number of amides is 1. The monoisotopic (exact) mass is 440 g/mol. The molecule has 2 fully saturated rings. The molecule has 0 atom stereocenters. The van der Waals surface area contributed by atoms with Crippen molar-refractivity contribution in [2.45, 2.75) is 19.3 Å². The molecule has 1 amide bonds. The highest BCUT2D eigenvalue weighted by Gasteiger charge is 2.27. The zero-order chi connectivity index (χ0) is 22.7. The number of benzene rings is 2. The van der Waals surface area contributed by atoms with E-state index in [2.05, 4.69) is 5.32 Å². The van der Waals surface area contributed by atoms with Gasteiger partial charge in [0.25, 0.3) is 11.6 Å². The van der Waals surface area contributed by atoms with E-state index in [-0.39, 0.29) is 23.6 Å². The highest BCUT2D eigenvalue weighted by atomic mass is 19.1. The number of nitrogens with zero attached hydrogens (tertiary/aromatic N) is 3. The molecule has 1 heterocycles. The normalized spacial score (nSPS) is 16.0. The Balaban J connectivity index is 1.46. The number of halogens is 1. The first-order valence-electron chi connectivity index (χ1n) is 10.7. The van der Waals surface area contributed by atoms with Crippen LogP contribution in [0.3, 0.4) is 0 Å². The van der Waals surface area contributed by atoms with Gasteiger partial charge in [0.1, 0.15) is 12.1 Å². The van der Waals surface area contributed by atoms with Crippen molar-refractivity contribution in [2.24, 2.45) is 5.92 Å². The molecule has 0 radical (unpaired) electrons. The second kappa shape index (κ2) is 9.33. The number of hydrogen-bond acceptors (Lipinski definition) is 6. The summed E-state index contributed by atoms with van der Waals surface area (Å²) < 4.78 is 14.5. The first-order chi connectivity index (χ1) is 15.5. The number of aldehydes is 1. The van der Waals surface area contributed by atoms with E-state index in [1.54, 1.807) is 23.1 Å². The summed E-state index contributed by atoms with van der Waals surface area (Å²) in [5, 5.41) is 14.5. The summed E-state index contributed by atoms with van der Waals surface area (Å²) in [4.78, 5) is 38.1. The van der Waals surface area contributed by atoms with Gasteiger partial charge in [0.2, 0.25) is 0 Å². The lowest BCUT2D eigenvalue weighted by molar-refractivity contribution is -0.384. The van der Waals surface area contributed by atoms with Crippen molar-refractivity contribution < 1.29 is 18.9 Å². The number of carbonyl (C=O) groups excluding carboxylic acids is 2. The summed E-state index contributed by atoms with van der Waals surface area (Å²) in [5.41, 5.74) is 1.83. The van der Waals surface area contributed by atoms with E-state index in [1.165, 1.54) is 18.2 Å². The maximum Gasteiger partial charge on any atom is 0.270 e. The van der Waals surface area contributed by atoms with Crippen molar-refractivity contribution in [3.05, 3.63) is 63.5 Å². The molecule has 9 heteroatoms. The fourth-order valence-corrected chi connectivity index (χ4v) is 3.90. The van der Waals surface area contributed by atoms with Crippen LogP contribution in [0.2, 0.25) is 0 Å². The fourth-order valence-electron chi connectivity index (χ4n) is 3.90. The summed E-state index contributed by atoms with van der Waals surface area (Å²) in [6, 6.07) is 9.08. The molecule has 1 aliphatic carbocycles. The van der Waals surface area contributed by atoms with Gasteiger partial charge in [-0.2, -0.15) is 0 Å². The molecule has 4 rings (SSSR count). The summed E-state index contributed by atoms with van der Waals surface area (Å²) in [5.74, 6) is -0.0765. The van der Waals surface area contributed by atoms with Crippen LogP contribution in [0.5, 0.6) is 0 Å². The van der Waals surface area contributed by atoms with E-state index in [0.717, 1.165) is 25.7 Å². The molecule has 1 saturated carbocycles. The van der Waals surface area contributed by atoms with Crippen LogP contribution in [-0.4, -0.2) is 54.7 Å². The minimum Gasteiger partial charge on any atom is -0.384 e. The van der Waals surface area contributed by atoms with Crippen LogP contribution in [-0.2, 0) is 11.2 Å². The predicted octanol–water partition coefficient (Wildman–Crippen LogP) is 3.26. The average molecular weight is 440 g/mol. The zero-order valence-corrected chi connectivity index (χ0v) is 17.6. The van der Waals surface area contributed by atoms with E-state index in [0.29, 0.717) is 49.0 Å². The zero-order valence-electron chi connectivity index (χ0n) is 17.6. The van der Waals surface area contributed by atoms with Gasteiger partial charge in [-0.05, 0) is 42.5 Å². The lowest BCUT2D eigenvalue weighted by Gasteiger charge is -2.36. The molecular weight excluding hydrogens is 415 g/mol. The smallest absolute Gasteiger partial charge is 0.270 e. The van der Waals surface area contributed by atoms with Gasteiger partial charge in [0, 0.05) is 57.0 Å². The first-order valence-corrected chi connectivity index (χ1v) is 10.7. The Morgan fingerprint density at radius 1 is 1.16 bits per heavy atom. The van der Waals surface area contributed by atoms with E-state index in [1.807, 2.05) is 4.90 Å². The third kappa shape index (κ3) is 4.87. The quantitative estimate of drug-likeness (QED) is 0.385. The van der Waals surface area contributed by atoms with Gasteiger partial charge in [0.15, 0.2) is 0 Å². The molecule has 1 saturated heterocycles. The largest absolute Gasteiger partial charge is 0.384 e. The highest BCUT2D eigenvalue weighted by molar-refractivity contribution is 6.00. The molecule has 168 valence electrons. The number of non-ortho nitro benzene ring substituents is 1. The van der Waals surface area contributed by atoms with Crippen LogP contribution < -0.4 is 10.2 Å². The number of nitro benzene ring substituents is 1. The number of anilines is 2. The van der Waals surface area contributed by atoms with Crippen LogP contribution >= 0.6 is 0 Å². The Morgan fingerprint density at radius 3 is 2.53 bits per heavy atom. The van der Waals surface area contributed by atoms with Crippen molar-refractivity contribution >= 4 is 29.3 Å². The van der Waals surface area contributed by atoms with Crippen LogP contribution in [0.4, 0.5) is 21.5 Å². The van der Waals surface area contributed by atoms with Crippen molar-refractivity contribution in [1.82, 2.24) is 4.90 Å². The Hall–Kier alpha value is -3.49. The molecule has 0 aromatic heterocycles. The van der Waals surface area contributed by atoms with E-state index < -0.39 is 10.7 Å². The van der Waals surface area contributed by atoms with Crippen LogP contribution in [0.1, 0.15) is 28.8 Å². The minimum atomic E-state index is -0.504. The van der Waals surface area contributed by atoms with Crippen LogP contribution in [0.25, 0.3) is 0 Å². The van der Waals surface area contributed by atoms with E-state index in [4.69, 9.17) is 0 Å². The predicted molar refractivity (Wildman–Crippen MR) is 119 cm³/mol. The maximum atomic E-state index is 14.5. The average Bonchev–Trinajstić information content (AvgIpc) is 3.62.